The van der Waals surface area contributed by atoms with E-state index in [-0.39, 0.29) is 17.9 Å². The van der Waals surface area contributed by atoms with E-state index in [0.717, 1.165) is 19.4 Å². The number of nitrogens with two attached hydrogens (primary N) is 1. The number of carbonyl (C=O) groups excluding carboxylic acids is 2. The van der Waals surface area contributed by atoms with Gasteiger partial charge in [0.2, 0.25) is 11.8 Å². The van der Waals surface area contributed by atoms with Crippen LogP contribution in [0.5, 0.6) is 0 Å². The average molecular weight is 253 g/mol. The van der Waals surface area contributed by atoms with Crippen LogP contribution in [0.3, 0.4) is 0 Å². The Morgan fingerprint density at radius 1 is 1.44 bits per heavy atom. The van der Waals surface area contributed by atoms with Gasteiger partial charge in [0.15, 0.2) is 0 Å². The summed E-state index contributed by atoms with van der Waals surface area (Å²) >= 11 is 0. The van der Waals surface area contributed by atoms with Crippen LogP contribution < -0.4 is 11.1 Å². The monoisotopic (exact) mass is 253 g/mol. The summed E-state index contributed by atoms with van der Waals surface area (Å²) in [5.74, 6) is 0.416. The maximum Gasteiger partial charge on any atom is 0.239 e. The normalized spacial score (nSPS) is 36.7. The molecule has 0 aliphatic carbocycles. The summed E-state index contributed by atoms with van der Waals surface area (Å²) in [5, 5.41) is 3.28. The molecule has 2 heterocycles. The third-order valence-electron chi connectivity index (χ3n) is 4.34. The molecule has 2 fully saturated rings. The predicted molar refractivity (Wildman–Crippen MR) is 68.7 cm³/mol. The van der Waals surface area contributed by atoms with Crippen molar-refractivity contribution in [1.82, 2.24) is 10.2 Å². The Bertz CT molecular complexity index is 358. The Labute approximate surface area is 108 Å². The van der Waals surface area contributed by atoms with Crippen LogP contribution >= 0.6 is 0 Å². The number of amides is 2. The Morgan fingerprint density at radius 3 is 2.72 bits per heavy atom. The van der Waals surface area contributed by atoms with Crippen LogP contribution in [0.4, 0.5) is 0 Å². The molecule has 3 unspecified atom stereocenters. The molecule has 2 amide bonds. The molecule has 0 aromatic carbocycles. The summed E-state index contributed by atoms with van der Waals surface area (Å²) in [5.41, 5.74) is 4.86. The number of primary amides is 1. The first-order valence-corrected chi connectivity index (χ1v) is 6.74. The lowest BCUT2D eigenvalue weighted by molar-refractivity contribution is -0.134. The first-order valence-electron chi connectivity index (χ1n) is 6.74. The number of carbonyl (C=O) groups is 2. The number of hydrogen-bond acceptors (Lipinski definition) is 3. The van der Waals surface area contributed by atoms with Gasteiger partial charge in [-0.3, -0.25) is 9.59 Å². The van der Waals surface area contributed by atoms with Crippen molar-refractivity contribution in [2.45, 2.75) is 39.2 Å². The maximum absolute atomic E-state index is 12.4. The van der Waals surface area contributed by atoms with Gasteiger partial charge in [-0.1, -0.05) is 6.92 Å². The molecule has 2 rings (SSSR count). The van der Waals surface area contributed by atoms with Gasteiger partial charge >= 0.3 is 0 Å². The lowest BCUT2D eigenvalue weighted by Gasteiger charge is -2.31. The average Bonchev–Trinajstić information content (AvgIpc) is 2.72. The maximum atomic E-state index is 12.4. The Hall–Kier alpha value is -1.10. The highest BCUT2D eigenvalue weighted by Crippen LogP contribution is 2.30. The lowest BCUT2D eigenvalue weighted by atomic mass is 9.89. The summed E-state index contributed by atoms with van der Waals surface area (Å²) < 4.78 is 0. The van der Waals surface area contributed by atoms with Gasteiger partial charge < -0.3 is 16.0 Å². The number of rotatable bonds is 2. The molecule has 18 heavy (non-hydrogen) atoms. The van der Waals surface area contributed by atoms with E-state index in [9.17, 15) is 9.59 Å². The van der Waals surface area contributed by atoms with Crippen molar-refractivity contribution < 1.29 is 9.59 Å². The topological polar surface area (TPSA) is 75.4 Å². The highest BCUT2D eigenvalue weighted by atomic mass is 16.2. The smallest absolute Gasteiger partial charge is 0.239 e. The molecule has 5 nitrogen and oxygen atoms in total. The Balaban J connectivity index is 1.97. The molecule has 0 saturated carbocycles. The fourth-order valence-electron chi connectivity index (χ4n) is 2.87. The van der Waals surface area contributed by atoms with E-state index in [1.165, 1.54) is 0 Å². The van der Waals surface area contributed by atoms with E-state index in [2.05, 4.69) is 12.2 Å². The van der Waals surface area contributed by atoms with Gasteiger partial charge in [-0.15, -0.1) is 0 Å². The van der Waals surface area contributed by atoms with Crippen LogP contribution in [-0.4, -0.2) is 42.4 Å². The van der Waals surface area contributed by atoms with Crippen molar-refractivity contribution in [3.63, 3.8) is 0 Å². The second-order valence-electron chi connectivity index (χ2n) is 6.07. The van der Waals surface area contributed by atoms with E-state index < -0.39 is 5.41 Å². The van der Waals surface area contributed by atoms with E-state index in [1.807, 2.05) is 6.92 Å². The zero-order valence-corrected chi connectivity index (χ0v) is 11.2. The highest BCUT2D eigenvalue weighted by molar-refractivity contribution is 5.86. The first-order chi connectivity index (χ1) is 8.42. The molecule has 0 aromatic heterocycles. The van der Waals surface area contributed by atoms with Crippen molar-refractivity contribution in [3.8, 4) is 0 Å². The second-order valence-corrected chi connectivity index (χ2v) is 6.07. The number of nitrogens with one attached hydrogen (secondary N) is 1. The number of piperidine rings is 1. The van der Waals surface area contributed by atoms with Crippen LogP contribution in [0.2, 0.25) is 0 Å². The van der Waals surface area contributed by atoms with E-state index in [4.69, 9.17) is 5.73 Å². The molecule has 0 bridgehead atoms. The van der Waals surface area contributed by atoms with Crippen LogP contribution in [0, 0.1) is 11.3 Å². The second kappa shape index (κ2) is 4.88. The van der Waals surface area contributed by atoms with Gasteiger partial charge in [0.1, 0.15) is 0 Å². The lowest BCUT2D eigenvalue weighted by Crippen LogP contribution is -2.50. The third kappa shape index (κ3) is 2.51. The van der Waals surface area contributed by atoms with Crippen molar-refractivity contribution in [3.05, 3.63) is 0 Å². The Morgan fingerprint density at radius 2 is 2.17 bits per heavy atom. The largest absolute Gasteiger partial charge is 0.369 e. The molecule has 3 atom stereocenters. The fraction of sp³-hybridized carbons (Fsp3) is 0.846. The van der Waals surface area contributed by atoms with E-state index in [1.54, 1.807) is 4.90 Å². The predicted octanol–water partition coefficient (Wildman–Crippen LogP) is 0.0984. The molecule has 2 saturated heterocycles. The van der Waals surface area contributed by atoms with E-state index >= 15 is 0 Å². The first kappa shape index (κ1) is 13.3. The van der Waals surface area contributed by atoms with Crippen LogP contribution in [0.1, 0.15) is 33.1 Å². The zero-order chi connectivity index (χ0) is 13.3. The van der Waals surface area contributed by atoms with Crippen LogP contribution in [0.15, 0.2) is 0 Å². The molecule has 2 aliphatic heterocycles. The molecule has 0 radical (unpaired) electrons. The van der Waals surface area contributed by atoms with Gasteiger partial charge in [-0.05, 0) is 38.6 Å². The summed E-state index contributed by atoms with van der Waals surface area (Å²) in [6.45, 7) is 6.04. The van der Waals surface area contributed by atoms with Crippen molar-refractivity contribution in [2.24, 2.45) is 17.1 Å². The minimum Gasteiger partial charge on any atom is -0.369 e. The molecule has 3 N–H and O–H groups in total. The van der Waals surface area contributed by atoms with Crippen LogP contribution in [0.25, 0.3) is 0 Å². The van der Waals surface area contributed by atoms with Crippen molar-refractivity contribution in [1.29, 1.82) is 0 Å². The molecule has 102 valence electrons. The molecular weight excluding hydrogens is 230 g/mol. The fourth-order valence-corrected chi connectivity index (χ4v) is 2.87. The SMILES string of the molecule is CC1CCNC(C(=O)N2CCC(C)(C(N)=O)C2)C1. The molecule has 0 spiro atoms. The van der Waals surface area contributed by atoms with Crippen molar-refractivity contribution >= 4 is 11.8 Å². The van der Waals surface area contributed by atoms with Gasteiger partial charge in [0, 0.05) is 13.1 Å². The highest BCUT2D eigenvalue weighted by Gasteiger charge is 2.42. The molecule has 5 heteroatoms. The quantitative estimate of drug-likeness (QED) is 0.733. The van der Waals surface area contributed by atoms with Gasteiger partial charge in [0.05, 0.1) is 11.5 Å². The number of nitrogens with zero attached hydrogens (tertiary/aromatic N) is 1. The third-order valence-corrected chi connectivity index (χ3v) is 4.34. The van der Waals surface area contributed by atoms with Crippen LogP contribution in [-0.2, 0) is 9.59 Å². The van der Waals surface area contributed by atoms with Gasteiger partial charge in [-0.25, -0.2) is 0 Å². The number of likely N-dealkylation sites (tertiary alicyclic amines) is 1. The van der Waals surface area contributed by atoms with Crippen molar-refractivity contribution in [2.75, 3.05) is 19.6 Å². The minimum atomic E-state index is -0.546. The standard InChI is InChI=1S/C13H23N3O2/c1-9-3-5-15-10(7-9)11(17)16-6-4-13(2,8-16)12(14)18/h9-10,15H,3-8H2,1-2H3,(H2,14,18). The summed E-state index contributed by atoms with van der Waals surface area (Å²) in [4.78, 5) is 25.5. The zero-order valence-electron chi connectivity index (χ0n) is 11.2. The molecular formula is C13H23N3O2. The number of hydrogen-bond donors (Lipinski definition) is 2. The Kier molecular flexibility index (Phi) is 3.61. The molecule has 0 aromatic rings. The summed E-state index contributed by atoms with van der Waals surface area (Å²) in [6, 6.07) is -0.0797. The summed E-state index contributed by atoms with van der Waals surface area (Å²) in [6.07, 6.45) is 2.70. The van der Waals surface area contributed by atoms with Gasteiger partial charge in [-0.2, -0.15) is 0 Å². The molecule has 2 aliphatic rings. The van der Waals surface area contributed by atoms with E-state index in [0.29, 0.717) is 25.4 Å². The minimum absolute atomic E-state index is 0.0797. The van der Waals surface area contributed by atoms with Gasteiger partial charge in [0.25, 0.3) is 0 Å². The summed E-state index contributed by atoms with van der Waals surface area (Å²) in [7, 11) is 0.